The molecule has 1 amide bonds. The van der Waals surface area contributed by atoms with Crippen LogP contribution in [0.3, 0.4) is 0 Å². The molecule has 8 heteroatoms. The highest BCUT2D eigenvalue weighted by atomic mass is 35.5. The van der Waals surface area contributed by atoms with Crippen molar-refractivity contribution in [2.24, 2.45) is 7.05 Å². The quantitative estimate of drug-likeness (QED) is 0.866. The third kappa shape index (κ3) is 3.88. The smallest absolute Gasteiger partial charge is 0.266 e. The SMILES string of the molecule is Cc1nc(C(C)(C)C)sc1C(=O)N1CCNCC1c1nccn1C.Cl. The third-order valence-electron chi connectivity index (χ3n) is 4.29. The number of piperazine rings is 1. The van der Waals surface area contributed by atoms with Gasteiger partial charge in [0.05, 0.1) is 10.7 Å². The lowest BCUT2D eigenvalue weighted by Crippen LogP contribution is -2.49. The average Bonchev–Trinajstić information content (AvgIpc) is 3.12. The van der Waals surface area contributed by atoms with Gasteiger partial charge in [0, 0.05) is 44.5 Å². The molecule has 2 aromatic rings. The molecule has 1 aliphatic rings. The Morgan fingerprint density at radius 1 is 1.40 bits per heavy atom. The highest BCUT2D eigenvalue weighted by Crippen LogP contribution is 2.32. The van der Waals surface area contributed by atoms with E-state index in [1.807, 2.05) is 29.6 Å². The number of nitrogens with zero attached hydrogens (tertiary/aromatic N) is 4. The molecule has 3 rings (SSSR count). The lowest BCUT2D eigenvalue weighted by atomic mass is 9.98. The van der Waals surface area contributed by atoms with E-state index in [1.54, 1.807) is 6.20 Å². The fourth-order valence-electron chi connectivity index (χ4n) is 2.92. The van der Waals surface area contributed by atoms with Crippen LogP contribution >= 0.6 is 23.7 Å². The van der Waals surface area contributed by atoms with Crippen LogP contribution in [0, 0.1) is 6.92 Å². The molecule has 3 heterocycles. The van der Waals surface area contributed by atoms with Gasteiger partial charge in [0.15, 0.2) is 0 Å². The summed E-state index contributed by atoms with van der Waals surface area (Å²) in [5, 5.41) is 4.38. The molecule has 0 radical (unpaired) electrons. The number of imidazole rings is 1. The van der Waals surface area contributed by atoms with E-state index in [9.17, 15) is 4.79 Å². The highest BCUT2D eigenvalue weighted by molar-refractivity contribution is 7.14. The summed E-state index contributed by atoms with van der Waals surface area (Å²) in [6, 6.07) is -0.0502. The molecule has 1 unspecified atom stereocenters. The Kier molecular flexibility index (Phi) is 5.91. The first-order valence-electron chi connectivity index (χ1n) is 8.26. The summed E-state index contributed by atoms with van der Waals surface area (Å²) in [5.74, 6) is 0.976. The number of carbonyl (C=O) groups is 1. The lowest BCUT2D eigenvalue weighted by molar-refractivity contribution is 0.0625. The van der Waals surface area contributed by atoms with Crippen molar-refractivity contribution >= 4 is 29.7 Å². The largest absolute Gasteiger partial charge is 0.336 e. The number of rotatable bonds is 2. The highest BCUT2D eigenvalue weighted by Gasteiger charge is 2.33. The maximum atomic E-state index is 13.2. The zero-order chi connectivity index (χ0) is 17.5. The second-order valence-corrected chi connectivity index (χ2v) is 8.30. The lowest BCUT2D eigenvalue weighted by Gasteiger charge is -2.35. The van der Waals surface area contributed by atoms with E-state index in [2.05, 4.69) is 36.1 Å². The summed E-state index contributed by atoms with van der Waals surface area (Å²) >= 11 is 1.52. The van der Waals surface area contributed by atoms with Crippen LogP contribution in [0.2, 0.25) is 0 Å². The zero-order valence-electron chi connectivity index (χ0n) is 15.4. The second kappa shape index (κ2) is 7.43. The first-order valence-corrected chi connectivity index (χ1v) is 9.07. The number of nitrogens with one attached hydrogen (secondary N) is 1. The van der Waals surface area contributed by atoms with Crippen LogP contribution in [0.1, 0.15) is 53.0 Å². The summed E-state index contributed by atoms with van der Waals surface area (Å²) in [4.78, 5) is 25.0. The molecule has 138 valence electrons. The number of carbonyl (C=O) groups excluding carboxylic acids is 1. The third-order valence-corrected chi connectivity index (χ3v) is 5.86. The van der Waals surface area contributed by atoms with Gasteiger partial charge in [-0.15, -0.1) is 23.7 Å². The first kappa shape index (κ1) is 19.9. The van der Waals surface area contributed by atoms with Gasteiger partial charge in [-0.2, -0.15) is 0 Å². The molecule has 0 aromatic carbocycles. The Balaban J connectivity index is 0.00000225. The summed E-state index contributed by atoms with van der Waals surface area (Å²) in [6.07, 6.45) is 3.70. The van der Waals surface area contributed by atoms with E-state index in [-0.39, 0.29) is 29.8 Å². The van der Waals surface area contributed by atoms with Crippen molar-refractivity contribution in [1.82, 2.24) is 24.8 Å². The van der Waals surface area contributed by atoms with Crippen LogP contribution in [0.15, 0.2) is 12.4 Å². The minimum atomic E-state index is -0.0502. The van der Waals surface area contributed by atoms with E-state index in [4.69, 9.17) is 0 Å². The van der Waals surface area contributed by atoms with Crippen molar-refractivity contribution < 1.29 is 4.79 Å². The predicted molar refractivity (Wildman–Crippen MR) is 103 cm³/mol. The van der Waals surface area contributed by atoms with Crippen LogP contribution in [-0.2, 0) is 12.5 Å². The number of aromatic nitrogens is 3. The Bertz CT molecular complexity index is 749. The minimum absolute atomic E-state index is 0. The molecule has 6 nitrogen and oxygen atoms in total. The summed E-state index contributed by atoms with van der Waals surface area (Å²) < 4.78 is 1.98. The van der Waals surface area contributed by atoms with Crippen molar-refractivity contribution in [2.75, 3.05) is 19.6 Å². The van der Waals surface area contributed by atoms with E-state index in [0.717, 1.165) is 34.5 Å². The van der Waals surface area contributed by atoms with Gasteiger partial charge in [-0.3, -0.25) is 4.79 Å². The normalized spacial score (nSPS) is 18.1. The number of amides is 1. The van der Waals surface area contributed by atoms with E-state index < -0.39 is 0 Å². The second-order valence-electron chi connectivity index (χ2n) is 7.30. The first-order chi connectivity index (χ1) is 11.3. The summed E-state index contributed by atoms with van der Waals surface area (Å²) in [7, 11) is 1.97. The van der Waals surface area contributed by atoms with Gasteiger partial charge in [-0.05, 0) is 6.92 Å². The molecule has 0 aliphatic carbocycles. The predicted octanol–water partition coefficient (Wildman–Crippen LogP) is 2.69. The van der Waals surface area contributed by atoms with Crippen LogP contribution in [0.4, 0.5) is 0 Å². The molecule has 1 N–H and O–H groups in total. The van der Waals surface area contributed by atoms with E-state index >= 15 is 0 Å². The summed E-state index contributed by atoms with van der Waals surface area (Å²) in [6.45, 7) is 10.5. The topological polar surface area (TPSA) is 63.1 Å². The number of hydrogen-bond donors (Lipinski definition) is 1. The van der Waals surface area contributed by atoms with Gasteiger partial charge in [0.1, 0.15) is 16.7 Å². The molecule has 2 aromatic heterocycles. The van der Waals surface area contributed by atoms with Crippen LogP contribution in [0.5, 0.6) is 0 Å². The average molecular weight is 384 g/mol. The van der Waals surface area contributed by atoms with Crippen LogP contribution < -0.4 is 5.32 Å². The Hall–Kier alpha value is -1.44. The van der Waals surface area contributed by atoms with Crippen molar-refractivity contribution in [3.8, 4) is 0 Å². The van der Waals surface area contributed by atoms with Crippen molar-refractivity contribution in [2.45, 2.75) is 39.2 Å². The van der Waals surface area contributed by atoms with Gasteiger partial charge in [-0.1, -0.05) is 20.8 Å². The van der Waals surface area contributed by atoms with Crippen molar-refractivity contribution in [3.63, 3.8) is 0 Å². The maximum Gasteiger partial charge on any atom is 0.266 e. The van der Waals surface area contributed by atoms with Crippen LogP contribution in [-0.4, -0.2) is 45.0 Å². The number of halogens is 1. The molecule has 1 atom stereocenters. The molecular formula is C17H26ClN5OS. The Labute approximate surface area is 159 Å². The number of thiazole rings is 1. The Morgan fingerprint density at radius 3 is 2.68 bits per heavy atom. The van der Waals surface area contributed by atoms with Gasteiger partial charge < -0.3 is 14.8 Å². The molecular weight excluding hydrogens is 358 g/mol. The fourth-order valence-corrected chi connectivity index (χ4v) is 4.00. The van der Waals surface area contributed by atoms with Gasteiger partial charge in [-0.25, -0.2) is 9.97 Å². The molecule has 1 aliphatic heterocycles. The molecule has 25 heavy (non-hydrogen) atoms. The van der Waals surface area contributed by atoms with E-state index in [1.165, 1.54) is 11.3 Å². The fraction of sp³-hybridized carbons (Fsp3) is 0.588. The standard InChI is InChI=1S/C17H25N5OS.ClH/c1-11-13(24-16(20-11)17(2,3)4)15(23)22-9-6-18-10-12(22)14-19-7-8-21(14)5;/h7-8,12,18H,6,9-10H2,1-5H3;1H. The molecule has 0 spiro atoms. The molecule has 0 bridgehead atoms. The minimum Gasteiger partial charge on any atom is -0.336 e. The Morgan fingerprint density at radius 2 is 2.12 bits per heavy atom. The van der Waals surface area contributed by atoms with E-state index in [0.29, 0.717) is 6.54 Å². The zero-order valence-corrected chi connectivity index (χ0v) is 17.0. The van der Waals surface area contributed by atoms with Gasteiger partial charge >= 0.3 is 0 Å². The molecule has 0 saturated carbocycles. The van der Waals surface area contributed by atoms with Crippen LogP contribution in [0.25, 0.3) is 0 Å². The number of aryl methyl sites for hydroxylation is 2. The maximum absolute atomic E-state index is 13.2. The summed E-state index contributed by atoms with van der Waals surface area (Å²) in [5.41, 5.74) is 0.781. The molecule has 1 saturated heterocycles. The number of hydrogen-bond acceptors (Lipinski definition) is 5. The van der Waals surface area contributed by atoms with Gasteiger partial charge in [0.25, 0.3) is 5.91 Å². The van der Waals surface area contributed by atoms with Crippen molar-refractivity contribution in [3.05, 3.63) is 33.8 Å². The van der Waals surface area contributed by atoms with Gasteiger partial charge in [0.2, 0.25) is 0 Å². The molecule has 1 fully saturated rings. The monoisotopic (exact) mass is 383 g/mol. The van der Waals surface area contributed by atoms with Crippen molar-refractivity contribution in [1.29, 1.82) is 0 Å².